The Kier molecular flexibility index (Phi) is 4.49. The molecule has 1 atom stereocenters. The van der Waals surface area contributed by atoms with Crippen LogP contribution in [0, 0.1) is 6.92 Å². The first-order valence-electron chi connectivity index (χ1n) is 6.18. The molecule has 110 valence electrons. The minimum absolute atomic E-state index is 0.0545. The number of pyridine rings is 1. The predicted octanol–water partition coefficient (Wildman–Crippen LogP) is 1.43. The predicted molar refractivity (Wildman–Crippen MR) is 79.5 cm³/mol. The number of oxime groups is 1. The molecular formula is C13H15N5O2S. The Bertz CT molecular complexity index is 665. The molecule has 0 radical (unpaired) electrons. The number of aromatic nitrogens is 2. The van der Waals surface area contributed by atoms with E-state index in [9.17, 15) is 4.79 Å². The third-order valence-corrected chi connectivity index (χ3v) is 3.85. The summed E-state index contributed by atoms with van der Waals surface area (Å²) in [6.45, 7) is 3.82. The van der Waals surface area contributed by atoms with Gasteiger partial charge in [-0.25, -0.2) is 4.98 Å². The number of carbonyl (C=O) groups excluding carboxylic acids is 1. The van der Waals surface area contributed by atoms with Crippen LogP contribution in [-0.4, -0.2) is 26.9 Å². The van der Waals surface area contributed by atoms with Crippen LogP contribution in [0.15, 0.2) is 29.7 Å². The lowest BCUT2D eigenvalue weighted by molar-refractivity contribution is 0.0935. The molecule has 8 heteroatoms. The molecule has 0 saturated carbocycles. The highest BCUT2D eigenvalue weighted by atomic mass is 32.1. The van der Waals surface area contributed by atoms with Gasteiger partial charge >= 0.3 is 0 Å². The normalized spacial score (nSPS) is 13.0. The summed E-state index contributed by atoms with van der Waals surface area (Å²) in [6.07, 6.45) is 3.15. The van der Waals surface area contributed by atoms with Crippen molar-refractivity contribution in [3.8, 4) is 0 Å². The van der Waals surface area contributed by atoms with Crippen molar-refractivity contribution in [1.29, 1.82) is 0 Å². The molecule has 0 bridgehead atoms. The zero-order chi connectivity index (χ0) is 15.4. The summed E-state index contributed by atoms with van der Waals surface area (Å²) in [5.74, 6) is -0.359. The van der Waals surface area contributed by atoms with Gasteiger partial charge in [0.05, 0.1) is 6.04 Å². The summed E-state index contributed by atoms with van der Waals surface area (Å²) in [5, 5.41) is 15.1. The van der Waals surface area contributed by atoms with Crippen LogP contribution >= 0.6 is 11.3 Å². The van der Waals surface area contributed by atoms with Gasteiger partial charge in [-0.05, 0) is 26.0 Å². The van der Waals surface area contributed by atoms with E-state index in [1.54, 1.807) is 12.3 Å². The van der Waals surface area contributed by atoms with E-state index in [1.807, 2.05) is 13.8 Å². The molecule has 2 aromatic rings. The van der Waals surface area contributed by atoms with Gasteiger partial charge in [0.1, 0.15) is 10.7 Å². The summed E-state index contributed by atoms with van der Waals surface area (Å²) in [5.41, 5.74) is 6.13. The average molecular weight is 305 g/mol. The minimum atomic E-state index is -0.304. The van der Waals surface area contributed by atoms with E-state index in [4.69, 9.17) is 10.9 Å². The van der Waals surface area contributed by atoms with Crippen LogP contribution in [0.5, 0.6) is 0 Å². The van der Waals surface area contributed by atoms with Crippen LogP contribution in [0.4, 0.5) is 0 Å². The number of hydrogen-bond acceptors (Lipinski definition) is 6. The maximum Gasteiger partial charge on any atom is 0.270 e. The lowest BCUT2D eigenvalue weighted by atomic mass is 10.2. The van der Waals surface area contributed by atoms with Crippen molar-refractivity contribution in [3.05, 3.63) is 45.7 Å². The Hall–Kier alpha value is -2.48. The molecule has 0 aromatic carbocycles. The van der Waals surface area contributed by atoms with Crippen LogP contribution in [0.3, 0.4) is 0 Å². The van der Waals surface area contributed by atoms with Crippen molar-refractivity contribution in [2.75, 3.05) is 0 Å². The van der Waals surface area contributed by atoms with Gasteiger partial charge < -0.3 is 16.3 Å². The van der Waals surface area contributed by atoms with Crippen LogP contribution in [0.25, 0.3) is 0 Å². The number of rotatable bonds is 4. The molecular weight excluding hydrogens is 290 g/mol. The van der Waals surface area contributed by atoms with E-state index < -0.39 is 0 Å². The number of nitrogens with one attached hydrogen (secondary N) is 1. The van der Waals surface area contributed by atoms with Gasteiger partial charge in [-0.15, -0.1) is 11.3 Å². The number of nitrogens with zero attached hydrogens (tertiary/aromatic N) is 3. The third-order valence-electron chi connectivity index (χ3n) is 2.76. The van der Waals surface area contributed by atoms with Crippen molar-refractivity contribution in [3.63, 3.8) is 0 Å². The second kappa shape index (κ2) is 6.31. The van der Waals surface area contributed by atoms with E-state index >= 15 is 0 Å². The van der Waals surface area contributed by atoms with Crippen molar-refractivity contribution in [2.24, 2.45) is 10.9 Å². The van der Waals surface area contributed by atoms with E-state index in [0.717, 1.165) is 9.88 Å². The average Bonchev–Trinajstić information content (AvgIpc) is 2.93. The summed E-state index contributed by atoms with van der Waals surface area (Å²) < 4.78 is 0. The number of amidine groups is 1. The van der Waals surface area contributed by atoms with Gasteiger partial charge in [0.2, 0.25) is 0 Å². The molecule has 0 spiro atoms. The van der Waals surface area contributed by atoms with E-state index in [1.165, 1.54) is 23.6 Å². The van der Waals surface area contributed by atoms with Gasteiger partial charge in [0.25, 0.3) is 5.91 Å². The molecule has 2 aromatic heterocycles. The highest BCUT2D eigenvalue weighted by Gasteiger charge is 2.15. The first-order chi connectivity index (χ1) is 10.0. The molecule has 7 nitrogen and oxygen atoms in total. The van der Waals surface area contributed by atoms with Crippen LogP contribution in [-0.2, 0) is 0 Å². The Morgan fingerprint density at radius 2 is 2.19 bits per heavy atom. The molecule has 0 aliphatic rings. The zero-order valence-electron chi connectivity index (χ0n) is 11.6. The highest BCUT2D eigenvalue weighted by molar-refractivity contribution is 7.11. The number of nitrogens with two attached hydrogens (primary N) is 1. The van der Waals surface area contributed by atoms with Crippen LogP contribution < -0.4 is 11.1 Å². The molecule has 4 N–H and O–H groups in total. The van der Waals surface area contributed by atoms with E-state index in [0.29, 0.717) is 5.56 Å². The molecule has 0 aliphatic carbocycles. The molecule has 0 aliphatic heterocycles. The number of aryl methyl sites for hydroxylation is 1. The molecule has 2 rings (SSSR count). The van der Waals surface area contributed by atoms with Crippen LogP contribution in [0.1, 0.15) is 38.9 Å². The van der Waals surface area contributed by atoms with Gasteiger partial charge in [-0.3, -0.25) is 9.78 Å². The Labute approximate surface area is 125 Å². The monoisotopic (exact) mass is 305 g/mol. The largest absolute Gasteiger partial charge is 0.409 e. The van der Waals surface area contributed by atoms with Crippen molar-refractivity contribution >= 4 is 23.1 Å². The number of hydrogen-bond donors (Lipinski definition) is 3. The van der Waals surface area contributed by atoms with E-state index in [2.05, 4.69) is 20.4 Å². The second-order valence-corrected chi connectivity index (χ2v) is 5.69. The van der Waals surface area contributed by atoms with Crippen molar-refractivity contribution in [2.45, 2.75) is 19.9 Å². The van der Waals surface area contributed by atoms with Crippen molar-refractivity contribution in [1.82, 2.24) is 15.3 Å². The first kappa shape index (κ1) is 14.9. The third kappa shape index (κ3) is 3.54. The summed E-state index contributed by atoms with van der Waals surface area (Å²) in [7, 11) is 0. The molecule has 1 unspecified atom stereocenters. The summed E-state index contributed by atoms with van der Waals surface area (Å²) >= 11 is 1.54. The lowest BCUT2D eigenvalue weighted by Crippen LogP contribution is -2.27. The molecule has 0 saturated heterocycles. The van der Waals surface area contributed by atoms with E-state index in [-0.39, 0.29) is 23.5 Å². The smallest absolute Gasteiger partial charge is 0.270 e. The number of carbonyl (C=O) groups is 1. The van der Waals surface area contributed by atoms with Gasteiger partial charge in [0, 0.05) is 22.8 Å². The topological polar surface area (TPSA) is 113 Å². The quantitative estimate of drug-likeness (QED) is 0.342. The SMILES string of the molecule is Cc1cnc(C(C)NC(=O)c2ccc(/C(N)=N/O)cn2)s1. The highest BCUT2D eigenvalue weighted by Crippen LogP contribution is 2.19. The number of amides is 1. The fourth-order valence-electron chi connectivity index (χ4n) is 1.64. The summed E-state index contributed by atoms with van der Waals surface area (Å²) in [6, 6.07) is 2.89. The second-order valence-electron chi connectivity index (χ2n) is 4.42. The standard InChI is InChI=1S/C13H15N5O2S/c1-7-5-16-13(21-7)8(2)17-12(19)10-4-3-9(6-15-10)11(14)18-20/h3-6,8,20H,1-2H3,(H2,14,18)(H,17,19). The Balaban J connectivity index is 2.06. The molecule has 21 heavy (non-hydrogen) atoms. The maximum atomic E-state index is 12.1. The first-order valence-corrected chi connectivity index (χ1v) is 7.00. The fraction of sp³-hybridized carbons (Fsp3) is 0.231. The summed E-state index contributed by atoms with van der Waals surface area (Å²) in [4.78, 5) is 21.4. The minimum Gasteiger partial charge on any atom is -0.409 e. The molecule has 2 heterocycles. The Morgan fingerprint density at radius 3 is 2.71 bits per heavy atom. The Morgan fingerprint density at radius 1 is 1.43 bits per heavy atom. The molecule has 1 amide bonds. The lowest BCUT2D eigenvalue weighted by Gasteiger charge is -2.10. The van der Waals surface area contributed by atoms with Gasteiger partial charge in [-0.2, -0.15) is 0 Å². The van der Waals surface area contributed by atoms with Crippen molar-refractivity contribution < 1.29 is 10.0 Å². The zero-order valence-corrected chi connectivity index (χ0v) is 12.4. The van der Waals surface area contributed by atoms with Gasteiger partial charge in [-0.1, -0.05) is 5.16 Å². The van der Waals surface area contributed by atoms with Crippen LogP contribution in [0.2, 0.25) is 0 Å². The van der Waals surface area contributed by atoms with Gasteiger partial charge in [0.15, 0.2) is 5.84 Å². The fourth-order valence-corrected chi connectivity index (χ4v) is 2.42. The maximum absolute atomic E-state index is 12.1. The molecule has 0 fully saturated rings. The number of thiazole rings is 1.